The number of aromatic nitrogens is 1. The lowest BCUT2D eigenvalue weighted by Crippen LogP contribution is -2.26. The van der Waals surface area contributed by atoms with Crippen LogP contribution in [0.1, 0.15) is 16.8 Å². The van der Waals surface area contributed by atoms with E-state index >= 15 is 0 Å². The minimum absolute atomic E-state index is 0.123. The summed E-state index contributed by atoms with van der Waals surface area (Å²) in [6, 6.07) is 13.7. The third kappa shape index (κ3) is 3.57. The van der Waals surface area contributed by atoms with Gasteiger partial charge < -0.3 is 4.90 Å². The number of nitrogens with zero attached hydrogens (tertiary/aromatic N) is 3. The van der Waals surface area contributed by atoms with Crippen LogP contribution in [0.3, 0.4) is 0 Å². The molecule has 3 aromatic rings. The van der Waals surface area contributed by atoms with E-state index in [1.807, 2.05) is 0 Å². The Morgan fingerprint density at radius 1 is 1.07 bits per heavy atom. The van der Waals surface area contributed by atoms with Crippen LogP contribution in [-0.4, -0.2) is 10.9 Å². The fourth-order valence-corrected chi connectivity index (χ4v) is 3.35. The number of alkyl halides is 3. The Bertz CT molecular complexity index is 1150. The van der Waals surface area contributed by atoms with Crippen LogP contribution in [0.2, 0.25) is 0 Å². The Hall–Kier alpha value is -3.66. The summed E-state index contributed by atoms with van der Waals surface area (Å²) in [5, 5.41) is 0. The molecule has 1 amide bonds. The first-order valence-electron chi connectivity index (χ1n) is 8.79. The molecule has 1 aliphatic rings. The fourth-order valence-electron chi connectivity index (χ4n) is 3.35. The van der Waals surface area contributed by atoms with E-state index in [1.165, 1.54) is 17.2 Å². The van der Waals surface area contributed by atoms with Gasteiger partial charge in [0.1, 0.15) is 0 Å². The summed E-state index contributed by atoms with van der Waals surface area (Å²) in [5.74, 6) is -0.159. The van der Waals surface area contributed by atoms with Gasteiger partial charge in [-0.25, -0.2) is 4.85 Å². The van der Waals surface area contributed by atoms with Crippen molar-refractivity contribution in [3.8, 4) is 11.1 Å². The zero-order valence-corrected chi connectivity index (χ0v) is 15.1. The highest BCUT2D eigenvalue weighted by Crippen LogP contribution is 2.36. The standard InChI is InChI=1S/C22H14F3N3O/c1-26-18-8-3-2-5-15(18)13-28-20-10-16(12-27-19(20)11-21(28)29)14-6-4-7-17(9-14)22(23,24)25/h2-10,12H,11,13H2. The second-order valence-corrected chi connectivity index (χ2v) is 6.67. The minimum Gasteiger partial charge on any atom is -0.307 e. The second kappa shape index (κ2) is 7.06. The number of carbonyl (C=O) groups excluding carboxylic acids is 1. The zero-order chi connectivity index (χ0) is 20.6. The van der Waals surface area contributed by atoms with Crippen molar-refractivity contribution < 1.29 is 18.0 Å². The van der Waals surface area contributed by atoms with Gasteiger partial charge in [-0.05, 0) is 29.3 Å². The summed E-state index contributed by atoms with van der Waals surface area (Å²) in [4.78, 5) is 21.8. The van der Waals surface area contributed by atoms with Crippen molar-refractivity contribution in [1.82, 2.24) is 4.98 Å². The molecule has 0 bridgehead atoms. The summed E-state index contributed by atoms with van der Waals surface area (Å²) >= 11 is 0. The van der Waals surface area contributed by atoms with Crippen LogP contribution < -0.4 is 4.90 Å². The van der Waals surface area contributed by atoms with Crippen molar-refractivity contribution >= 4 is 17.3 Å². The van der Waals surface area contributed by atoms with Crippen LogP contribution in [0.5, 0.6) is 0 Å². The first-order valence-corrected chi connectivity index (χ1v) is 8.79. The predicted octanol–water partition coefficient (Wildman–Crippen LogP) is 5.41. The second-order valence-electron chi connectivity index (χ2n) is 6.67. The molecular formula is C22H14F3N3O. The molecule has 4 nitrogen and oxygen atoms in total. The van der Waals surface area contributed by atoms with Gasteiger partial charge in [-0.1, -0.05) is 36.4 Å². The smallest absolute Gasteiger partial charge is 0.307 e. The molecule has 1 aromatic heterocycles. The molecule has 0 N–H and O–H groups in total. The molecule has 0 saturated carbocycles. The van der Waals surface area contributed by atoms with Crippen LogP contribution in [-0.2, 0) is 23.9 Å². The third-order valence-electron chi connectivity index (χ3n) is 4.82. The van der Waals surface area contributed by atoms with Gasteiger partial charge in [-0.15, -0.1) is 0 Å². The average Bonchev–Trinajstić information content (AvgIpc) is 3.02. The molecule has 7 heteroatoms. The molecular weight excluding hydrogens is 379 g/mol. The number of pyridine rings is 1. The van der Waals surface area contributed by atoms with E-state index in [1.54, 1.807) is 36.4 Å². The van der Waals surface area contributed by atoms with Crippen LogP contribution >= 0.6 is 0 Å². The highest BCUT2D eigenvalue weighted by Gasteiger charge is 2.31. The maximum absolute atomic E-state index is 13.0. The number of hydrogen-bond acceptors (Lipinski definition) is 2. The Morgan fingerprint density at radius 2 is 1.86 bits per heavy atom. The molecule has 4 rings (SSSR count). The highest BCUT2D eigenvalue weighted by molar-refractivity contribution is 6.01. The summed E-state index contributed by atoms with van der Waals surface area (Å²) < 4.78 is 39.1. The lowest BCUT2D eigenvalue weighted by Gasteiger charge is -2.19. The Morgan fingerprint density at radius 3 is 2.62 bits per heavy atom. The minimum atomic E-state index is -4.44. The Labute approximate surface area is 165 Å². The lowest BCUT2D eigenvalue weighted by molar-refractivity contribution is -0.137. The van der Waals surface area contributed by atoms with E-state index in [0.717, 1.165) is 12.1 Å². The van der Waals surface area contributed by atoms with Gasteiger partial charge in [0.2, 0.25) is 5.91 Å². The third-order valence-corrected chi connectivity index (χ3v) is 4.82. The molecule has 1 aliphatic heterocycles. The molecule has 144 valence electrons. The number of benzene rings is 2. The molecule has 0 saturated heterocycles. The number of hydrogen-bond donors (Lipinski definition) is 0. The number of fused-ring (bicyclic) bond motifs is 1. The van der Waals surface area contributed by atoms with Crippen molar-refractivity contribution in [2.24, 2.45) is 0 Å². The molecule has 29 heavy (non-hydrogen) atoms. The average molecular weight is 393 g/mol. The topological polar surface area (TPSA) is 37.6 Å². The van der Waals surface area contributed by atoms with Crippen LogP contribution in [0.15, 0.2) is 60.8 Å². The van der Waals surface area contributed by atoms with Gasteiger partial charge >= 0.3 is 6.18 Å². The normalized spacial score (nSPS) is 13.3. The van der Waals surface area contributed by atoms with Gasteiger partial charge in [0.05, 0.1) is 29.9 Å². The first kappa shape index (κ1) is 18.7. The van der Waals surface area contributed by atoms with Gasteiger partial charge in [0.25, 0.3) is 0 Å². The van der Waals surface area contributed by atoms with E-state index in [2.05, 4.69) is 9.83 Å². The van der Waals surface area contributed by atoms with E-state index < -0.39 is 11.7 Å². The maximum atomic E-state index is 13.0. The SMILES string of the molecule is [C-]#[N+]c1ccccc1CN1C(=O)Cc2ncc(-c3cccc(C(F)(F)F)c3)cc21. The lowest BCUT2D eigenvalue weighted by atomic mass is 10.0. The van der Waals surface area contributed by atoms with Crippen molar-refractivity contribution in [3.63, 3.8) is 0 Å². The van der Waals surface area contributed by atoms with Crippen molar-refractivity contribution in [1.29, 1.82) is 0 Å². The van der Waals surface area contributed by atoms with Gasteiger partial charge in [0.15, 0.2) is 5.69 Å². The summed E-state index contributed by atoms with van der Waals surface area (Å²) in [7, 11) is 0. The van der Waals surface area contributed by atoms with Crippen molar-refractivity contribution in [3.05, 3.63) is 89.0 Å². The Kier molecular flexibility index (Phi) is 4.55. The van der Waals surface area contributed by atoms with Crippen molar-refractivity contribution in [2.45, 2.75) is 19.1 Å². The van der Waals surface area contributed by atoms with E-state index in [4.69, 9.17) is 6.57 Å². The summed E-state index contributed by atoms with van der Waals surface area (Å²) in [6.45, 7) is 7.49. The molecule has 2 heterocycles. The van der Waals surface area contributed by atoms with Crippen LogP contribution in [0, 0.1) is 6.57 Å². The van der Waals surface area contributed by atoms with Crippen LogP contribution in [0.4, 0.5) is 24.5 Å². The summed E-state index contributed by atoms with van der Waals surface area (Å²) in [5.41, 5.74) is 2.41. The van der Waals surface area contributed by atoms with E-state index in [9.17, 15) is 18.0 Å². The quantitative estimate of drug-likeness (QED) is 0.558. The van der Waals surface area contributed by atoms with E-state index in [-0.39, 0.29) is 18.9 Å². The molecule has 0 unspecified atom stereocenters. The number of para-hydroxylation sites is 1. The number of carbonyl (C=O) groups is 1. The highest BCUT2D eigenvalue weighted by atomic mass is 19.4. The monoisotopic (exact) mass is 393 g/mol. The maximum Gasteiger partial charge on any atom is 0.416 e. The van der Waals surface area contributed by atoms with Gasteiger partial charge in [-0.2, -0.15) is 13.2 Å². The molecule has 2 aromatic carbocycles. The van der Waals surface area contributed by atoms with E-state index in [0.29, 0.717) is 33.8 Å². The number of amides is 1. The van der Waals surface area contributed by atoms with Gasteiger partial charge in [0, 0.05) is 18.3 Å². The zero-order valence-electron chi connectivity index (χ0n) is 15.1. The molecule has 0 atom stereocenters. The number of anilines is 1. The predicted molar refractivity (Wildman–Crippen MR) is 102 cm³/mol. The van der Waals surface area contributed by atoms with Crippen LogP contribution in [0.25, 0.3) is 16.0 Å². The van der Waals surface area contributed by atoms with Gasteiger partial charge in [-0.3, -0.25) is 9.78 Å². The number of halogens is 3. The summed E-state index contributed by atoms with van der Waals surface area (Å²) in [6.07, 6.45) is -2.83. The largest absolute Gasteiger partial charge is 0.416 e. The molecule has 0 aliphatic carbocycles. The first-order chi connectivity index (χ1) is 13.9. The molecule has 0 radical (unpaired) electrons. The Balaban J connectivity index is 1.72. The van der Waals surface area contributed by atoms with Crippen molar-refractivity contribution in [2.75, 3.05) is 4.90 Å². The molecule has 0 spiro atoms. The number of rotatable bonds is 3. The molecule has 0 fully saturated rings. The fraction of sp³-hybridized carbons (Fsp3) is 0.136.